The van der Waals surface area contributed by atoms with Gasteiger partial charge in [-0.15, -0.1) is 6.42 Å². The third kappa shape index (κ3) is 11.0. The molecular formula is C16H26FNO3. The largest absolute Gasteiger partial charge is 0.495 e. The highest BCUT2D eigenvalue weighted by molar-refractivity contribution is 5.26. The Bertz CT molecular complexity index is 355. The van der Waals surface area contributed by atoms with Gasteiger partial charge in [-0.05, 0) is 44.0 Å². The smallest absolute Gasteiger partial charge is 0.147 e. The highest BCUT2D eigenvalue weighted by Gasteiger charge is 2.03. The van der Waals surface area contributed by atoms with Gasteiger partial charge in [0.1, 0.15) is 12.4 Å². The van der Waals surface area contributed by atoms with E-state index in [2.05, 4.69) is 5.92 Å². The SMILES string of the molecule is C#C/C=C(C)\C=C(/CF)OCCCCN(CCO)CCO. The fraction of sp³-hybridized carbons (Fsp3) is 0.625. The van der Waals surface area contributed by atoms with Gasteiger partial charge in [0, 0.05) is 13.1 Å². The highest BCUT2D eigenvalue weighted by Crippen LogP contribution is 2.06. The number of alkyl halides is 1. The lowest BCUT2D eigenvalue weighted by Crippen LogP contribution is -2.30. The predicted octanol–water partition coefficient (Wildman–Crippen LogP) is 1.50. The molecule has 21 heavy (non-hydrogen) atoms. The first-order valence-corrected chi connectivity index (χ1v) is 7.14. The van der Waals surface area contributed by atoms with Gasteiger partial charge >= 0.3 is 0 Å². The molecule has 0 aliphatic carbocycles. The highest BCUT2D eigenvalue weighted by atomic mass is 19.1. The standard InChI is InChI=1S/C16H26FNO3/c1-3-6-15(2)13-16(14-17)21-12-5-4-7-18(8-10-19)9-11-20/h1,6,13,19-20H,4-5,7-12,14H2,2H3/b15-6-,16-13+. The number of unbranched alkanes of at least 4 members (excludes halogenated alkanes) is 1. The quantitative estimate of drug-likeness (QED) is 0.248. The lowest BCUT2D eigenvalue weighted by molar-refractivity contribution is 0.149. The van der Waals surface area contributed by atoms with Gasteiger partial charge < -0.3 is 14.9 Å². The monoisotopic (exact) mass is 299 g/mol. The second-order valence-electron chi connectivity index (χ2n) is 4.64. The number of allylic oxidation sites excluding steroid dienone is 4. The Labute approximate surface area is 126 Å². The summed E-state index contributed by atoms with van der Waals surface area (Å²) in [6, 6.07) is 0. The third-order valence-corrected chi connectivity index (χ3v) is 2.82. The van der Waals surface area contributed by atoms with E-state index < -0.39 is 6.67 Å². The number of hydrogen-bond acceptors (Lipinski definition) is 4. The zero-order valence-corrected chi connectivity index (χ0v) is 12.7. The molecule has 0 heterocycles. The van der Waals surface area contributed by atoms with Gasteiger partial charge in [-0.3, -0.25) is 4.90 Å². The fourth-order valence-electron chi connectivity index (χ4n) is 1.80. The fourth-order valence-corrected chi connectivity index (χ4v) is 1.80. The predicted molar refractivity (Wildman–Crippen MR) is 82.4 cm³/mol. The van der Waals surface area contributed by atoms with Crippen LogP contribution < -0.4 is 0 Å². The molecule has 2 N–H and O–H groups in total. The summed E-state index contributed by atoms with van der Waals surface area (Å²) in [6.07, 6.45) is 9.93. The van der Waals surface area contributed by atoms with Gasteiger partial charge in [-0.25, -0.2) is 4.39 Å². The molecule has 0 fully saturated rings. The Kier molecular flexibility index (Phi) is 12.7. The molecule has 0 rings (SSSR count). The molecule has 0 aliphatic heterocycles. The number of aliphatic hydroxyl groups excluding tert-OH is 2. The maximum Gasteiger partial charge on any atom is 0.147 e. The van der Waals surface area contributed by atoms with E-state index in [1.807, 2.05) is 4.90 Å². The molecule has 4 nitrogen and oxygen atoms in total. The van der Waals surface area contributed by atoms with Crippen molar-refractivity contribution in [3.05, 3.63) is 23.5 Å². The summed E-state index contributed by atoms with van der Waals surface area (Å²) in [6.45, 7) is 3.59. The molecule has 0 aromatic carbocycles. The summed E-state index contributed by atoms with van der Waals surface area (Å²) in [4.78, 5) is 1.98. The molecular weight excluding hydrogens is 273 g/mol. The molecule has 0 unspecified atom stereocenters. The van der Waals surface area contributed by atoms with E-state index in [-0.39, 0.29) is 19.0 Å². The minimum atomic E-state index is -0.656. The molecule has 0 saturated heterocycles. The van der Waals surface area contributed by atoms with Gasteiger partial charge in [0.25, 0.3) is 0 Å². The second-order valence-corrected chi connectivity index (χ2v) is 4.64. The Morgan fingerprint density at radius 3 is 2.43 bits per heavy atom. The lowest BCUT2D eigenvalue weighted by Gasteiger charge is -2.19. The molecule has 0 amide bonds. The van der Waals surface area contributed by atoms with Crippen LogP contribution >= 0.6 is 0 Å². The number of terminal acetylenes is 1. The van der Waals surface area contributed by atoms with Crippen molar-refractivity contribution in [2.24, 2.45) is 0 Å². The van der Waals surface area contributed by atoms with Crippen LogP contribution in [0, 0.1) is 12.3 Å². The summed E-state index contributed by atoms with van der Waals surface area (Å²) in [5.74, 6) is 2.66. The Morgan fingerprint density at radius 1 is 1.24 bits per heavy atom. The van der Waals surface area contributed by atoms with E-state index in [1.54, 1.807) is 19.1 Å². The molecule has 0 aromatic rings. The molecule has 0 spiro atoms. The van der Waals surface area contributed by atoms with E-state index in [1.165, 1.54) is 0 Å². The average Bonchev–Trinajstić information content (AvgIpc) is 2.46. The van der Waals surface area contributed by atoms with E-state index >= 15 is 0 Å². The van der Waals surface area contributed by atoms with Crippen molar-refractivity contribution >= 4 is 0 Å². The van der Waals surface area contributed by atoms with E-state index in [0.29, 0.717) is 19.7 Å². The van der Waals surface area contributed by atoms with Crippen LogP contribution in [-0.2, 0) is 4.74 Å². The first-order valence-electron chi connectivity index (χ1n) is 7.14. The number of nitrogens with zero attached hydrogens (tertiary/aromatic N) is 1. The summed E-state index contributed by atoms with van der Waals surface area (Å²) < 4.78 is 18.1. The summed E-state index contributed by atoms with van der Waals surface area (Å²) in [7, 11) is 0. The number of hydrogen-bond donors (Lipinski definition) is 2. The minimum Gasteiger partial charge on any atom is -0.495 e. The maximum absolute atomic E-state index is 12.8. The van der Waals surface area contributed by atoms with Crippen LogP contribution in [0.4, 0.5) is 4.39 Å². The van der Waals surface area contributed by atoms with Gasteiger partial charge in [-0.2, -0.15) is 0 Å². The Hall–Kier alpha value is -1.35. The zero-order valence-electron chi connectivity index (χ0n) is 12.7. The van der Waals surface area contributed by atoms with Crippen molar-refractivity contribution in [1.82, 2.24) is 4.90 Å². The van der Waals surface area contributed by atoms with Crippen LogP contribution in [0.5, 0.6) is 0 Å². The molecule has 0 radical (unpaired) electrons. The number of halogens is 1. The van der Waals surface area contributed by atoms with Crippen molar-refractivity contribution in [3.8, 4) is 12.3 Å². The van der Waals surface area contributed by atoms with E-state index in [0.717, 1.165) is 25.0 Å². The van der Waals surface area contributed by atoms with Crippen LogP contribution in [0.15, 0.2) is 23.5 Å². The molecule has 0 atom stereocenters. The van der Waals surface area contributed by atoms with Crippen LogP contribution in [-0.4, -0.2) is 61.2 Å². The molecule has 0 saturated carbocycles. The molecule has 0 bridgehead atoms. The molecule has 0 aromatic heterocycles. The minimum absolute atomic E-state index is 0.0754. The summed E-state index contributed by atoms with van der Waals surface area (Å²) >= 11 is 0. The number of rotatable bonds is 12. The van der Waals surface area contributed by atoms with Crippen LogP contribution in [0.3, 0.4) is 0 Å². The first kappa shape index (κ1) is 19.7. The first-order chi connectivity index (χ1) is 10.2. The van der Waals surface area contributed by atoms with Crippen molar-refractivity contribution < 1.29 is 19.3 Å². The topological polar surface area (TPSA) is 52.9 Å². The summed E-state index contributed by atoms with van der Waals surface area (Å²) in [5.41, 5.74) is 0.780. The van der Waals surface area contributed by atoms with Gasteiger partial charge in [0.15, 0.2) is 0 Å². The number of ether oxygens (including phenoxy) is 1. The second kappa shape index (κ2) is 13.6. The van der Waals surface area contributed by atoms with Gasteiger partial charge in [-0.1, -0.05) is 5.92 Å². The van der Waals surface area contributed by atoms with Crippen molar-refractivity contribution in [3.63, 3.8) is 0 Å². The van der Waals surface area contributed by atoms with E-state index in [4.69, 9.17) is 21.4 Å². The molecule has 120 valence electrons. The van der Waals surface area contributed by atoms with Crippen LogP contribution in [0.2, 0.25) is 0 Å². The maximum atomic E-state index is 12.8. The van der Waals surface area contributed by atoms with Crippen molar-refractivity contribution in [2.75, 3.05) is 46.1 Å². The third-order valence-electron chi connectivity index (χ3n) is 2.82. The Morgan fingerprint density at radius 2 is 1.90 bits per heavy atom. The number of aliphatic hydroxyl groups is 2. The summed E-state index contributed by atoms with van der Waals surface area (Å²) in [5, 5.41) is 17.8. The van der Waals surface area contributed by atoms with Crippen LogP contribution in [0.25, 0.3) is 0 Å². The average molecular weight is 299 g/mol. The lowest BCUT2D eigenvalue weighted by atomic mass is 10.2. The normalized spacial score (nSPS) is 12.6. The zero-order chi connectivity index (χ0) is 15.9. The molecule has 5 heteroatoms. The van der Waals surface area contributed by atoms with Crippen molar-refractivity contribution in [2.45, 2.75) is 19.8 Å². The van der Waals surface area contributed by atoms with Gasteiger partial charge in [0.05, 0.1) is 19.8 Å². The molecule has 0 aliphatic rings. The Balaban J connectivity index is 3.96. The van der Waals surface area contributed by atoms with Crippen molar-refractivity contribution in [1.29, 1.82) is 0 Å². The van der Waals surface area contributed by atoms with Gasteiger partial charge in [0.2, 0.25) is 0 Å². The van der Waals surface area contributed by atoms with Crippen LogP contribution in [0.1, 0.15) is 19.8 Å². The van der Waals surface area contributed by atoms with E-state index in [9.17, 15) is 4.39 Å².